The molecule has 4 heteroatoms. The van der Waals surface area contributed by atoms with Crippen LogP contribution in [0.1, 0.15) is 11.1 Å². The average Bonchev–Trinajstić information content (AvgIpc) is 2.38. The van der Waals surface area contributed by atoms with Gasteiger partial charge in [0.2, 0.25) is 0 Å². The number of rotatable bonds is 4. The van der Waals surface area contributed by atoms with Gasteiger partial charge in [-0.05, 0) is 36.2 Å². The van der Waals surface area contributed by atoms with E-state index in [1.165, 1.54) is 6.07 Å². The lowest BCUT2D eigenvalue weighted by Gasteiger charge is -2.11. The van der Waals surface area contributed by atoms with Gasteiger partial charge >= 0.3 is 0 Å². The van der Waals surface area contributed by atoms with Gasteiger partial charge in [0.15, 0.2) is 0 Å². The van der Waals surface area contributed by atoms with Crippen LogP contribution in [0, 0.1) is 12.7 Å². The fourth-order valence-electron chi connectivity index (χ4n) is 1.91. The Balaban J connectivity index is 2.13. The highest BCUT2D eigenvalue weighted by Gasteiger charge is 2.06. The Hall–Kier alpha value is -1.74. The van der Waals surface area contributed by atoms with Crippen molar-refractivity contribution in [3.05, 3.63) is 58.4 Å². The Morgan fingerprint density at radius 1 is 1.26 bits per heavy atom. The number of anilines is 1. The van der Waals surface area contributed by atoms with Crippen LogP contribution in [0.25, 0.3) is 0 Å². The van der Waals surface area contributed by atoms with Gasteiger partial charge in [0.05, 0.1) is 17.8 Å². The topological polar surface area (TPSA) is 21.3 Å². The summed E-state index contributed by atoms with van der Waals surface area (Å²) in [5, 5.41) is 3.39. The lowest BCUT2D eigenvalue weighted by atomic mass is 10.1. The first-order valence-corrected chi connectivity index (χ1v) is 6.31. The zero-order chi connectivity index (χ0) is 13.8. The first-order chi connectivity index (χ1) is 9.11. The van der Waals surface area contributed by atoms with Gasteiger partial charge < -0.3 is 10.1 Å². The summed E-state index contributed by atoms with van der Waals surface area (Å²) in [6, 6.07) is 10.5. The van der Waals surface area contributed by atoms with Gasteiger partial charge in [0.1, 0.15) is 11.6 Å². The third kappa shape index (κ3) is 3.18. The SMILES string of the molecule is COc1ccc(CNc2c(F)cccc2Cl)cc1C. The Labute approximate surface area is 117 Å². The molecule has 0 unspecified atom stereocenters. The maximum absolute atomic E-state index is 13.6. The number of nitrogens with one attached hydrogen (secondary N) is 1. The summed E-state index contributed by atoms with van der Waals surface area (Å²) in [4.78, 5) is 0. The molecule has 0 atom stereocenters. The number of ether oxygens (including phenoxy) is 1. The number of hydrogen-bond acceptors (Lipinski definition) is 2. The largest absolute Gasteiger partial charge is 0.496 e. The molecular formula is C15H15ClFNO. The van der Waals surface area contributed by atoms with E-state index in [-0.39, 0.29) is 5.82 Å². The van der Waals surface area contributed by atoms with Crippen LogP contribution in [0.4, 0.5) is 10.1 Å². The summed E-state index contributed by atoms with van der Waals surface area (Å²) >= 11 is 5.95. The van der Waals surface area contributed by atoms with Crippen molar-refractivity contribution in [3.63, 3.8) is 0 Å². The predicted molar refractivity (Wildman–Crippen MR) is 76.5 cm³/mol. The number of para-hydroxylation sites is 1. The van der Waals surface area contributed by atoms with Crippen LogP contribution in [0.3, 0.4) is 0 Å². The second-order valence-corrected chi connectivity index (χ2v) is 4.66. The molecular weight excluding hydrogens is 265 g/mol. The van der Waals surface area contributed by atoms with Gasteiger partial charge in [0.25, 0.3) is 0 Å². The minimum atomic E-state index is -0.349. The Morgan fingerprint density at radius 3 is 2.68 bits per heavy atom. The molecule has 1 N–H and O–H groups in total. The van der Waals surface area contributed by atoms with Gasteiger partial charge in [-0.15, -0.1) is 0 Å². The highest BCUT2D eigenvalue weighted by Crippen LogP contribution is 2.25. The number of halogens is 2. The van der Waals surface area contributed by atoms with E-state index in [1.807, 2.05) is 25.1 Å². The molecule has 0 fully saturated rings. The van der Waals surface area contributed by atoms with Gasteiger partial charge in [0, 0.05) is 6.54 Å². The Morgan fingerprint density at radius 2 is 2.05 bits per heavy atom. The molecule has 2 nitrogen and oxygen atoms in total. The minimum Gasteiger partial charge on any atom is -0.496 e. The molecule has 19 heavy (non-hydrogen) atoms. The van der Waals surface area contributed by atoms with Crippen LogP contribution in [-0.2, 0) is 6.54 Å². The highest BCUT2D eigenvalue weighted by molar-refractivity contribution is 6.33. The first kappa shape index (κ1) is 13.7. The van der Waals surface area contributed by atoms with E-state index in [9.17, 15) is 4.39 Å². The summed E-state index contributed by atoms with van der Waals surface area (Å²) < 4.78 is 18.8. The predicted octanol–water partition coefficient (Wildman–Crippen LogP) is 4.41. The zero-order valence-electron chi connectivity index (χ0n) is 10.8. The minimum absolute atomic E-state index is 0.331. The van der Waals surface area contributed by atoms with E-state index in [2.05, 4.69) is 5.32 Å². The van der Waals surface area contributed by atoms with E-state index in [1.54, 1.807) is 19.2 Å². The van der Waals surface area contributed by atoms with Crippen molar-refractivity contribution in [2.24, 2.45) is 0 Å². The normalized spacial score (nSPS) is 10.3. The van der Waals surface area contributed by atoms with Crippen molar-refractivity contribution in [2.45, 2.75) is 13.5 Å². The fraction of sp³-hybridized carbons (Fsp3) is 0.200. The number of aryl methyl sites for hydroxylation is 1. The van der Waals surface area contributed by atoms with E-state index in [0.29, 0.717) is 17.3 Å². The molecule has 0 bridgehead atoms. The second kappa shape index (κ2) is 5.93. The molecule has 0 aliphatic heterocycles. The van der Waals surface area contributed by atoms with E-state index in [0.717, 1.165) is 16.9 Å². The lowest BCUT2D eigenvalue weighted by Crippen LogP contribution is -2.02. The molecule has 0 heterocycles. The molecule has 0 radical (unpaired) electrons. The van der Waals surface area contributed by atoms with Crippen molar-refractivity contribution in [1.29, 1.82) is 0 Å². The number of hydrogen-bond donors (Lipinski definition) is 1. The molecule has 2 aromatic rings. The summed E-state index contributed by atoms with van der Waals surface area (Å²) in [7, 11) is 1.64. The molecule has 0 aliphatic carbocycles. The van der Waals surface area contributed by atoms with Crippen LogP contribution in [0.15, 0.2) is 36.4 Å². The summed E-state index contributed by atoms with van der Waals surface area (Å²) in [6.45, 7) is 2.48. The second-order valence-electron chi connectivity index (χ2n) is 4.25. The molecule has 0 aromatic heterocycles. The fourth-order valence-corrected chi connectivity index (χ4v) is 2.14. The van der Waals surface area contributed by atoms with Crippen molar-refractivity contribution >= 4 is 17.3 Å². The van der Waals surface area contributed by atoms with Crippen molar-refractivity contribution in [1.82, 2.24) is 0 Å². The van der Waals surface area contributed by atoms with Crippen LogP contribution < -0.4 is 10.1 Å². The molecule has 0 amide bonds. The first-order valence-electron chi connectivity index (χ1n) is 5.93. The Bertz CT molecular complexity index is 566. The average molecular weight is 280 g/mol. The molecule has 100 valence electrons. The number of methoxy groups -OCH3 is 1. The van der Waals surface area contributed by atoms with Crippen molar-refractivity contribution in [2.75, 3.05) is 12.4 Å². The monoisotopic (exact) mass is 279 g/mol. The summed E-state index contributed by atoms with van der Waals surface area (Å²) in [5.74, 6) is 0.491. The van der Waals surface area contributed by atoms with Gasteiger partial charge in [-0.1, -0.05) is 29.8 Å². The molecule has 0 aliphatic rings. The molecule has 2 aromatic carbocycles. The number of benzene rings is 2. The van der Waals surface area contributed by atoms with Crippen LogP contribution in [0.2, 0.25) is 5.02 Å². The molecule has 0 spiro atoms. The maximum Gasteiger partial charge on any atom is 0.147 e. The van der Waals surface area contributed by atoms with Crippen LogP contribution >= 0.6 is 11.6 Å². The van der Waals surface area contributed by atoms with Gasteiger partial charge in [-0.3, -0.25) is 0 Å². The summed E-state index contributed by atoms with van der Waals surface area (Å²) in [6.07, 6.45) is 0. The highest BCUT2D eigenvalue weighted by atomic mass is 35.5. The van der Waals surface area contributed by atoms with E-state index < -0.39 is 0 Å². The standard InChI is InChI=1S/C15H15ClFNO/c1-10-8-11(6-7-14(10)19-2)9-18-15-12(16)4-3-5-13(15)17/h3-8,18H,9H2,1-2H3. The lowest BCUT2D eigenvalue weighted by molar-refractivity contribution is 0.411. The van der Waals surface area contributed by atoms with Gasteiger partial charge in [-0.2, -0.15) is 0 Å². The molecule has 0 saturated heterocycles. The van der Waals surface area contributed by atoms with Crippen LogP contribution in [-0.4, -0.2) is 7.11 Å². The van der Waals surface area contributed by atoms with Crippen LogP contribution in [0.5, 0.6) is 5.75 Å². The zero-order valence-corrected chi connectivity index (χ0v) is 11.6. The third-order valence-corrected chi connectivity index (χ3v) is 3.21. The quantitative estimate of drug-likeness (QED) is 0.895. The molecule has 2 rings (SSSR count). The molecule has 0 saturated carbocycles. The Kier molecular flexibility index (Phi) is 4.27. The van der Waals surface area contributed by atoms with Gasteiger partial charge in [-0.25, -0.2) is 4.39 Å². The van der Waals surface area contributed by atoms with Crippen molar-refractivity contribution in [3.8, 4) is 5.75 Å². The van der Waals surface area contributed by atoms with Crippen molar-refractivity contribution < 1.29 is 9.13 Å². The van der Waals surface area contributed by atoms with E-state index in [4.69, 9.17) is 16.3 Å². The maximum atomic E-state index is 13.6. The van der Waals surface area contributed by atoms with E-state index >= 15 is 0 Å². The third-order valence-electron chi connectivity index (χ3n) is 2.89. The smallest absolute Gasteiger partial charge is 0.147 e. The summed E-state index contributed by atoms with van der Waals surface area (Å²) in [5.41, 5.74) is 2.41.